The molecule has 1 saturated carbocycles. The first kappa shape index (κ1) is 16.9. The van der Waals surface area contributed by atoms with Gasteiger partial charge in [-0.3, -0.25) is 9.69 Å². The lowest BCUT2D eigenvalue weighted by molar-refractivity contribution is -0.123. The SMILES string of the molecule is COc1ccccc1CN1C[C@@H]2COC[C@]2(CC(=O)NCC2CC2)C1. The van der Waals surface area contributed by atoms with E-state index in [9.17, 15) is 4.79 Å². The van der Waals surface area contributed by atoms with E-state index in [0.717, 1.165) is 44.5 Å². The Bertz CT molecular complexity index is 631. The predicted octanol–water partition coefficient (Wildman–Crippen LogP) is 2.06. The van der Waals surface area contributed by atoms with Crippen molar-refractivity contribution < 1.29 is 14.3 Å². The van der Waals surface area contributed by atoms with Gasteiger partial charge in [-0.15, -0.1) is 0 Å². The average Bonchev–Trinajstić information content (AvgIpc) is 3.28. The standard InChI is InChI=1S/C20H28N2O3/c1-24-18-5-3-2-4-16(18)10-22-11-17-12-25-14-20(17,13-22)8-19(23)21-9-15-6-7-15/h2-5,15,17H,6-14H2,1H3,(H,21,23)/t17-,20+/m1/s1. The zero-order valence-electron chi connectivity index (χ0n) is 15.0. The quantitative estimate of drug-likeness (QED) is 0.823. The molecule has 1 amide bonds. The third kappa shape index (κ3) is 3.67. The van der Waals surface area contributed by atoms with Crippen molar-refractivity contribution in [3.05, 3.63) is 29.8 Å². The lowest BCUT2D eigenvalue weighted by atomic mass is 9.78. The molecule has 3 fully saturated rings. The Morgan fingerprint density at radius 1 is 1.40 bits per heavy atom. The number of nitrogens with zero attached hydrogens (tertiary/aromatic N) is 1. The van der Waals surface area contributed by atoms with Crippen LogP contribution in [0.25, 0.3) is 0 Å². The average molecular weight is 344 g/mol. The Labute approximate surface area is 149 Å². The summed E-state index contributed by atoms with van der Waals surface area (Å²) < 4.78 is 11.2. The lowest BCUT2D eigenvalue weighted by Gasteiger charge is -2.27. The number of carbonyl (C=O) groups excluding carboxylic acids is 1. The van der Waals surface area contributed by atoms with Gasteiger partial charge in [0.05, 0.1) is 20.3 Å². The molecule has 2 aliphatic heterocycles. The first-order valence-electron chi connectivity index (χ1n) is 9.37. The molecule has 4 rings (SSSR count). The van der Waals surface area contributed by atoms with Gasteiger partial charge in [-0.25, -0.2) is 0 Å². The Morgan fingerprint density at radius 2 is 2.24 bits per heavy atom. The maximum absolute atomic E-state index is 12.4. The minimum Gasteiger partial charge on any atom is -0.496 e. The van der Waals surface area contributed by atoms with Gasteiger partial charge in [0.15, 0.2) is 0 Å². The fourth-order valence-electron chi connectivity index (χ4n) is 4.35. The number of carbonyl (C=O) groups is 1. The molecular formula is C20H28N2O3. The smallest absolute Gasteiger partial charge is 0.220 e. The van der Waals surface area contributed by atoms with Gasteiger partial charge in [0.1, 0.15) is 5.75 Å². The van der Waals surface area contributed by atoms with E-state index in [-0.39, 0.29) is 11.3 Å². The van der Waals surface area contributed by atoms with Gasteiger partial charge in [0.2, 0.25) is 5.91 Å². The monoisotopic (exact) mass is 344 g/mol. The molecule has 0 unspecified atom stereocenters. The summed E-state index contributed by atoms with van der Waals surface area (Å²) in [6.45, 7) is 5.12. The summed E-state index contributed by atoms with van der Waals surface area (Å²) >= 11 is 0. The Hall–Kier alpha value is -1.59. The second-order valence-electron chi connectivity index (χ2n) is 7.98. The number of methoxy groups -OCH3 is 1. The van der Waals surface area contributed by atoms with Crippen molar-refractivity contribution in [2.75, 3.05) is 40.0 Å². The summed E-state index contributed by atoms with van der Waals surface area (Å²) in [5.41, 5.74) is 1.19. The highest BCUT2D eigenvalue weighted by Gasteiger charge is 2.51. The Balaban J connectivity index is 1.39. The van der Waals surface area contributed by atoms with Crippen molar-refractivity contribution in [3.63, 3.8) is 0 Å². The highest BCUT2D eigenvalue weighted by atomic mass is 16.5. The maximum Gasteiger partial charge on any atom is 0.220 e. The number of rotatable bonds is 7. The molecule has 2 saturated heterocycles. The summed E-state index contributed by atoms with van der Waals surface area (Å²) in [4.78, 5) is 14.9. The summed E-state index contributed by atoms with van der Waals surface area (Å²) in [5, 5.41) is 3.13. The van der Waals surface area contributed by atoms with Crippen LogP contribution in [0.5, 0.6) is 5.75 Å². The van der Waals surface area contributed by atoms with E-state index in [0.29, 0.717) is 18.9 Å². The number of nitrogens with one attached hydrogen (secondary N) is 1. The summed E-state index contributed by atoms with van der Waals surface area (Å²) in [6, 6.07) is 8.19. The molecule has 0 radical (unpaired) electrons. The van der Waals surface area contributed by atoms with Gasteiger partial charge in [-0.2, -0.15) is 0 Å². The minimum atomic E-state index is -0.0182. The number of benzene rings is 1. The number of amides is 1. The second-order valence-corrected chi connectivity index (χ2v) is 7.98. The van der Waals surface area contributed by atoms with Crippen LogP contribution in [0, 0.1) is 17.3 Å². The predicted molar refractivity (Wildman–Crippen MR) is 95.4 cm³/mol. The lowest BCUT2D eigenvalue weighted by Crippen LogP contribution is -2.38. The fraction of sp³-hybridized carbons (Fsp3) is 0.650. The molecule has 3 aliphatic rings. The van der Waals surface area contributed by atoms with Crippen molar-refractivity contribution in [2.24, 2.45) is 17.3 Å². The number of hydrogen-bond acceptors (Lipinski definition) is 4. The van der Waals surface area contributed by atoms with Crippen LogP contribution >= 0.6 is 0 Å². The minimum absolute atomic E-state index is 0.0182. The Kier molecular flexibility index (Phi) is 4.69. The van der Waals surface area contributed by atoms with E-state index >= 15 is 0 Å². The molecule has 1 aliphatic carbocycles. The molecule has 1 N–H and O–H groups in total. The van der Waals surface area contributed by atoms with E-state index in [1.807, 2.05) is 12.1 Å². The van der Waals surface area contributed by atoms with Crippen molar-refractivity contribution in [1.82, 2.24) is 10.2 Å². The number of fused-ring (bicyclic) bond motifs is 1. The summed E-state index contributed by atoms with van der Waals surface area (Å²) in [7, 11) is 1.72. The molecule has 25 heavy (non-hydrogen) atoms. The maximum atomic E-state index is 12.4. The van der Waals surface area contributed by atoms with Crippen LogP contribution < -0.4 is 10.1 Å². The van der Waals surface area contributed by atoms with Crippen LogP contribution in [0.1, 0.15) is 24.8 Å². The first-order chi connectivity index (χ1) is 12.2. The molecule has 5 heteroatoms. The van der Waals surface area contributed by atoms with Crippen molar-refractivity contribution in [1.29, 1.82) is 0 Å². The Morgan fingerprint density at radius 3 is 3.04 bits per heavy atom. The summed E-state index contributed by atoms with van der Waals surface area (Å²) in [6.07, 6.45) is 3.13. The van der Waals surface area contributed by atoms with Gasteiger partial charge >= 0.3 is 0 Å². The van der Waals surface area contributed by atoms with E-state index in [1.165, 1.54) is 18.4 Å². The molecule has 136 valence electrons. The third-order valence-electron chi connectivity index (χ3n) is 5.98. The molecule has 2 heterocycles. The third-order valence-corrected chi connectivity index (χ3v) is 5.98. The van der Waals surface area contributed by atoms with Gasteiger partial charge in [-0.05, 0) is 24.8 Å². The summed E-state index contributed by atoms with van der Waals surface area (Å²) in [5.74, 6) is 2.31. The van der Waals surface area contributed by atoms with Crippen molar-refractivity contribution in [3.8, 4) is 5.75 Å². The van der Waals surface area contributed by atoms with Gasteiger partial charge in [0.25, 0.3) is 0 Å². The highest BCUT2D eigenvalue weighted by molar-refractivity contribution is 5.77. The molecular weight excluding hydrogens is 316 g/mol. The van der Waals surface area contributed by atoms with E-state index in [4.69, 9.17) is 9.47 Å². The van der Waals surface area contributed by atoms with E-state index in [2.05, 4.69) is 22.3 Å². The molecule has 0 spiro atoms. The van der Waals surface area contributed by atoms with Crippen LogP contribution in [0.2, 0.25) is 0 Å². The number of ether oxygens (including phenoxy) is 2. The van der Waals surface area contributed by atoms with Crippen LogP contribution in [-0.4, -0.2) is 50.8 Å². The van der Waals surface area contributed by atoms with E-state index < -0.39 is 0 Å². The number of hydrogen-bond donors (Lipinski definition) is 1. The van der Waals surface area contributed by atoms with Crippen molar-refractivity contribution in [2.45, 2.75) is 25.8 Å². The van der Waals surface area contributed by atoms with Crippen LogP contribution in [0.4, 0.5) is 0 Å². The molecule has 0 aromatic heterocycles. The van der Waals surface area contributed by atoms with E-state index in [1.54, 1.807) is 7.11 Å². The molecule has 1 aromatic rings. The number of likely N-dealkylation sites (tertiary alicyclic amines) is 1. The zero-order chi connectivity index (χ0) is 17.3. The second kappa shape index (κ2) is 6.96. The fourth-order valence-corrected chi connectivity index (χ4v) is 4.35. The van der Waals surface area contributed by atoms with Crippen LogP contribution in [-0.2, 0) is 16.1 Å². The van der Waals surface area contributed by atoms with Gasteiger partial charge in [0, 0.05) is 49.5 Å². The molecule has 0 bridgehead atoms. The van der Waals surface area contributed by atoms with Crippen LogP contribution in [0.15, 0.2) is 24.3 Å². The first-order valence-corrected chi connectivity index (χ1v) is 9.37. The van der Waals surface area contributed by atoms with Gasteiger partial charge in [-0.1, -0.05) is 18.2 Å². The molecule has 5 nitrogen and oxygen atoms in total. The molecule has 1 aromatic carbocycles. The number of para-hydroxylation sites is 1. The largest absolute Gasteiger partial charge is 0.496 e. The van der Waals surface area contributed by atoms with Crippen molar-refractivity contribution >= 4 is 5.91 Å². The normalized spacial score (nSPS) is 28.8. The zero-order valence-corrected chi connectivity index (χ0v) is 15.0. The topological polar surface area (TPSA) is 50.8 Å². The van der Waals surface area contributed by atoms with Crippen LogP contribution in [0.3, 0.4) is 0 Å². The van der Waals surface area contributed by atoms with Gasteiger partial charge < -0.3 is 14.8 Å². The molecule has 2 atom stereocenters. The highest BCUT2D eigenvalue weighted by Crippen LogP contribution is 2.44.